The minimum Gasteiger partial charge on any atom is -0.466 e. The minimum atomic E-state index is -0.175. The van der Waals surface area contributed by atoms with Gasteiger partial charge in [0.1, 0.15) is 0 Å². The third-order valence-electron chi connectivity index (χ3n) is 2.14. The van der Waals surface area contributed by atoms with Gasteiger partial charge in [0.25, 0.3) is 0 Å². The smallest absolute Gasteiger partial charge is 0.333 e. The first kappa shape index (κ1) is 7.32. The number of allylic oxidation sites excluding steroid dienone is 1. The SMILES string of the molecule is COC(=O)C1=C[C@H](C)[C@@H]1C. The molecule has 2 atom stereocenters. The maximum atomic E-state index is 10.9. The first-order valence-corrected chi connectivity index (χ1v) is 3.47. The standard InChI is InChI=1S/C8H12O2/c1-5-4-7(6(5)2)8(9)10-3/h4-6H,1-3H3/t5-,6-/m0/s1. The van der Waals surface area contributed by atoms with E-state index in [1.165, 1.54) is 7.11 Å². The Morgan fingerprint density at radius 1 is 1.60 bits per heavy atom. The van der Waals surface area contributed by atoms with Gasteiger partial charge >= 0.3 is 5.97 Å². The summed E-state index contributed by atoms with van der Waals surface area (Å²) in [5.74, 6) is 0.743. The number of esters is 1. The van der Waals surface area contributed by atoms with Crippen molar-refractivity contribution in [3.8, 4) is 0 Å². The molecule has 1 rings (SSSR count). The Balaban J connectivity index is 2.61. The highest BCUT2D eigenvalue weighted by molar-refractivity contribution is 5.90. The van der Waals surface area contributed by atoms with Gasteiger partial charge in [-0.3, -0.25) is 0 Å². The maximum Gasteiger partial charge on any atom is 0.333 e. The second-order valence-corrected chi connectivity index (χ2v) is 2.76. The van der Waals surface area contributed by atoms with Crippen molar-refractivity contribution in [3.63, 3.8) is 0 Å². The molecule has 56 valence electrons. The van der Waals surface area contributed by atoms with Crippen molar-refractivity contribution in [1.82, 2.24) is 0 Å². The van der Waals surface area contributed by atoms with E-state index in [2.05, 4.69) is 11.7 Å². The molecule has 0 aromatic heterocycles. The summed E-state index contributed by atoms with van der Waals surface area (Å²) in [5.41, 5.74) is 0.829. The van der Waals surface area contributed by atoms with Crippen LogP contribution in [0.15, 0.2) is 11.6 Å². The largest absolute Gasteiger partial charge is 0.466 e. The molecule has 0 radical (unpaired) electrons. The van der Waals surface area contributed by atoms with Crippen LogP contribution in [0.5, 0.6) is 0 Å². The maximum absolute atomic E-state index is 10.9. The third-order valence-corrected chi connectivity index (χ3v) is 2.14. The highest BCUT2D eigenvalue weighted by Crippen LogP contribution is 2.32. The molecular formula is C8H12O2. The van der Waals surface area contributed by atoms with Gasteiger partial charge in [-0.25, -0.2) is 4.79 Å². The summed E-state index contributed by atoms with van der Waals surface area (Å²) in [6.07, 6.45) is 1.95. The van der Waals surface area contributed by atoms with Gasteiger partial charge in [-0.15, -0.1) is 0 Å². The van der Waals surface area contributed by atoms with Gasteiger partial charge in [0, 0.05) is 5.57 Å². The molecule has 0 aliphatic heterocycles. The van der Waals surface area contributed by atoms with Crippen molar-refractivity contribution >= 4 is 5.97 Å². The zero-order valence-corrected chi connectivity index (χ0v) is 6.55. The van der Waals surface area contributed by atoms with Crippen molar-refractivity contribution < 1.29 is 9.53 Å². The summed E-state index contributed by atoms with van der Waals surface area (Å²) >= 11 is 0. The number of methoxy groups -OCH3 is 1. The average molecular weight is 140 g/mol. The Bertz CT molecular complexity index is 182. The Labute approximate surface area is 60.9 Å². The van der Waals surface area contributed by atoms with Crippen LogP contribution in [0.1, 0.15) is 13.8 Å². The van der Waals surface area contributed by atoms with Crippen molar-refractivity contribution in [2.45, 2.75) is 13.8 Å². The molecule has 0 spiro atoms. The summed E-state index contributed by atoms with van der Waals surface area (Å²) < 4.78 is 4.57. The Morgan fingerprint density at radius 2 is 2.20 bits per heavy atom. The van der Waals surface area contributed by atoms with Crippen LogP contribution in [0.25, 0.3) is 0 Å². The molecule has 0 saturated heterocycles. The van der Waals surface area contributed by atoms with Gasteiger partial charge in [-0.1, -0.05) is 19.9 Å². The molecule has 1 aliphatic carbocycles. The first-order valence-electron chi connectivity index (χ1n) is 3.47. The van der Waals surface area contributed by atoms with E-state index in [1.807, 2.05) is 13.0 Å². The van der Waals surface area contributed by atoms with Crippen LogP contribution < -0.4 is 0 Å². The molecule has 0 amide bonds. The topological polar surface area (TPSA) is 26.3 Å². The van der Waals surface area contributed by atoms with E-state index in [1.54, 1.807) is 0 Å². The molecule has 0 heterocycles. The number of hydrogen-bond acceptors (Lipinski definition) is 2. The lowest BCUT2D eigenvalue weighted by atomic mass is 9.77. The second-order valence-electron chi connectivity index (χ2n) is 2.76. The lowest BCUT2D eigenvalue weighted by Gasteiger charge is -2.28. The second kappa shape index (κ2) is 2.45. The van der Waals surface area contributed by atoms with Crippen molar-refractivity contribution in [2.75, 3.05) is 7.11 Å². The molecule has 0 aromatic carbocycles. The Kier molecular flexibility index (Phi) is 1.79. The van der Waals surface area contributed by atoms with Crippen molar-refractivity contribution in [1.29, 1.82) is 0 Å². The molecule has 0 N–H and O–H groups in total. The van der Waals surface area contributed by atoms with Gasteiger partial charge in [0.05, 0.1) is 7.11 Å². The fourth-order valence-corrected chi connectivity index (χ4v) is 1.12. The molecule has 0 bridgehead atoms. The lowest BCUT2D eigenvalue weighted by Crippen LogP contribution is -2.26. The molecule has 0 saturated carbocycles. The number of hydrogen-bond donors (Lipinski definition) is 0. The highest BCUT2D eigenvalue weighted by atomic mass is 16.5. The quantitative estimate of drug-likeness (QED) is 0.514. The number of rotatable bonds is 1. The molecule has 0 unspecified atom stereocenters. The van der Waals surface area contributed by atoms with E-state index in [0.717, 1.165) is 5.57 Å². The normalized spacial score (nSPS) is 30.5. The summed E-state index contributed by atoms with van der Waals surface area (Å²) in [4.78, 5) is 10.9. The summed E-state index contributed by atoms with van der Waals surface area (Å²) in [5, 5.41) is 0. The number of carbonyl (C=O) groups is 1. The van der Waals surface area contributed by atoms with Gasteiger partial charge in [0.2, 0.25) is 0 Å². The van der Waals surface area contributed by atoms with Crippen LogP contribution in [0.4, 0.5) is 0 Å². The molecule has 2 nitrogen and oxygen atoms in total. The Morgan fingerprint density at radius 3 is 2.50 bits per heavy atom. The van der Waals surface area contributed by atoms with E-state index in [0.29, 0.717) is 11.8 Å². The summed E-state index contributed by atoms with van der Waals surface area (Å²) in [6.45, 7) is 4.13. The van der Waals surface area contributed by atoms with Crippen molar-refractivity contribution in [2.24, 2.45) is 11.8 Å². The van der Waals surface area contributed by atoms with E-state index < -0.39 is 0 Å². The molecule has 10 heavy (non-hydrogen) atoms. The van der Waals surface area contributed by atoms with Gasteiger partial charge < -0.3 is 4.74 Å². The van der Waals surface area contributed by atoms with E-state index >= 15 is 0 Å². The van der Waals surface area contributed by atoms with Crippen LogP contribution in [0, 0.1) is 11.8 Å². The van der Waals surface area contributed by atoms with E-state index in [9.17, 15) is 4.79 Å². The Hall–Kier alpha value is -0.790. The van der Waals surface area contributed by atoms with Crippen LogP contribution >= 0.6 is 0 Å². The zero-order valence-electron chi connectivity index (χ0n) is 6.55. The third kappa shape index (κ3) is 0.939. The average Bonchev–Trinajstić information content (AvgIpc) is 1.98. The van der Waals surface area contributed by atoms with Gasteiger partial charge in [-0.05, 0) is 11.8 Å². The number of carbonyl (C=O) groups excluding carboxylic acids is 1. The molecule has 0 aromatic rings. The first-order chi connectivity index (χ1) is 4.66. The van der Waals surface area contributed by atoms with E-state index in [4.69, 9.17) is 0 Å². The fraction of sp³-hybridized carbons (Fsp3) is 0.625. The van der Waals surface area contributed by atoms with Crippen molar-refractivity contribution in [3.05, 3.63) is 11.6 Å². The van der Waals surface area contributed by atoms with E-state index in [-0.39, 0.29) is 5.97 Å². The molecule has 2 heteroatoms. The van der Waals surface area contributed by atoms with Crippen LogP contribution in [0.3, 0.4) is 0 Å². The van der Waals surface area contributed by atoms with Crippen LogP contribution in [-0.2, 0) is 9.53 Å². The lowest BCUT2D eigenvalue weighted by molar-refractivity contribution is -0.137. The summed E-state index contributed by atoms with van der Waals surface area (Å²) in [6, 6.07) is 0. The van der Waals surface area contributed by atoms with Crippen LogP contribution in [-0.4, -0.2) is 13.1 Å². The molecule has 1 aliphatic rings. The zero-order chi connectivity index (χ0) is 7.72. The molecule has 0 fully saturated rings. The summed E-state index contributed by atoms with van der Waals surface area (Å²) in [7, 11) is 1.42. The predicted octanol–water partition coefficient (Wildman–Crippen LogP) is 1.37. The minimum absolute atomic E-state index is 0.175. The monoisotopic (exact) mass is 140 g/mol. The highest BCUT2D eigenvalue weighted by Gasteiger charge is 2.29. The number of ether oxygens (including phenoxy) is 1. The van der Waals surface area contributed by atoms with Gasteiger partial charge in [0.15, 0.2) is 0 Å². The van der Waals surface area contributed by atoms with Crippen LogP contribution in [0.2, 0.25) is 0 Å². The fourth-order valence-electron chi connectivity index (χ4n) is 1.12. The predicted molar refractivity (Wildman–Crippen MR) is 38.4 cm³/mol. The molecular weight excluding hydrogens is 128 g/mol. The van der Waals surface area contributed by atoms with Gasteiger partial charge in [-0.2, -0.15) is 0 Å².